The lowest BCUT2D eigenvalue weighted by atomic mass is 9.57. The largest absolute Gasteiger partial charge is 0.508 e. The molecule has 3 N–H and O–H groups in total. The minimum Gasteiger partial charge on any atom is -0.508 e. The summed E-state index contributed by atoms with van der Waals surface area (Å²) in [5, 5.41) is 29.9. The fourth-order valence-corrected chi connectivity index (χ4v) is 7.91. The zero-order valence-electron chi connectivity index (χ0n) is 23.4. The van der Waals surface area contributed by atoms with Gasteiger partial charge in [-0.3, -0.25) is 0 Å². The second-order valence-corrected chi connectivity index (χ2v) is 12.3. The van der Waals surface area contributed by atoms with Crippen LogP contribution in [0.5, 0.6) is 17.2 Å². The number of rotatable bonds is 5. The molecule has 4 aromatic carbocycles. The first-order valence-electron chi connectivity index (χ1n) is 14.8. The summed E-state index contributed by atoms with van der Waals surface area (Å²) in [5.41, 5.74) is 6.40. The molecular weight excluding hydrogens is 492 g/mol. The monoisotopic (exact) mass is 532 g/mol. The summed E-state index contributed by atoms with van der Waals surface area (Å²) < 4.78 is 0. The number of phenolic OH excluding ortho intramolecular Hbond substituents is 3. The fourth-order valence-electron chi connectivity index (χ4n) is 7.91. The second-order valence-electron chi connectivity index (χ2n) is 12.3. The molecule has 0 saturated heterocycles. The molecule has 3 heteroatoms. The smallest absolute Gasteiger partial charge is 0.115 e. The molecule has 0 heterocycles. The SMILES string of the molecule is Cc1ccc(C2(c3ccc(O)cc3)CCC(C3CCC(c4ccc(O)cc4)(c4ccc(O)cc4)CC3)CC2)cc1. The van der Waals surface area contributed by atoms with Gasteiger partial charge in [-0.05, 0) is 129 Å². The van der Waals surface area contributed by atoms with Crippen molar-refractivity contribution in [2.45, 2.75) is 69.1 Å². The van der Waals surface area contributed by atoms with Crippen LogP contribution in [0.3, 0.4) is 0 Å². The molecule has 3 nitrogen and oxygen atoms in total. The van der Waals surface area contributed by atoms with Crippen LogP contribution in [0.15, 0.2) is 97.1 Å². The zero-order valence-corrected chi connectivity index (χ0v) is 23.4. The van der Waals surface area contributed by atoms with E-state index in [0.29, 0.717) is 29.1 Å². The van der Waals surface area contributed by atoms with Crippen molar-refractivity contribution in [2.24, 2.45) is 11.8 Å². The lowest BCUT2D eigenvalue weighted by molar-refractivity contribution is 0.140. The number of phenols is 3. The van der Waals surface area contributed by atoms with Gasteiger partial charge in [0.1, 0.15) is 17.2 Å². The van der Waals surface area contributed by atoms with E-state index in [0.717, 1.165) is 25.7 Å². The van der Waals surface area contributed by atoms with E-state index in [-0.39, 0.29) is 10.8 Å². The Morgan fingerprint density at radius 3 is 0.950 bits per heavy atom. The van der Waals surface area contributed by atoms with Crippen molar-refractivity contribution in [3.8, 4) is 17.2 Å². The molecule has 6 rings (SSSR count). The standard InChI is InChI=1S/C37H40O3/c1-26-2-4-29(5-3-26)36(30-6-12-33(38)13-7-30)22-18-27(19-23-36)28-20-24-37(25-21-28,31-8-14-34(39)15-9-31)32-10-16-35(40)17-11-32/h2-17,27-28,38-40H,18-25H2,1H3. The first-order valence-corrected chi connectivity index (χ1v) is 14.8. The molecule has 2 fully saturated rings. The predicted molar refractivity (Wildman–Crippen MR) is 161 cm³/mol. The Morgan fingerprint density at radius 2 is 0.675 bits per heavy atom. The number of benzene rings is 4. The van der Waals surface area contributed by atoms with Crippen molar-refractivity contribution >= 4 is 0 Å². The van der Waals surface area contributed by atoms with Crippen LogP contribution in [-0.2, 0) is 10.8 Å². The Labute approximate surface area is 238 Å². The van der Waals surface area contributed by atoms with E-state index in [9.17, 15) is 15.3 Å². The maximum atomic E-state index is 9.97. The molecule has 0 spiro atoms. The van der Waals surface area contributed by atoms with E-state index in [1.807, 2.05) is 12.1 Å². The summed E-state index contributed by atoms with van der Waals surface area (Å²) in [6, 6.07) is 32.6. The van der Waals surface area contributed by atoms with Crippen molar-refractivity contribution in [1.29, 1.82) is 0 Å². The summed E-state index contributed by atoms with van der Waals surface area (Å²) >= 11 is 0. The molecule has 0 unspecified atom stereocenters. The lowest BCUT2D eigenvalue weighted by Crippen LogP contribution is -2.38. The summed E-state index contributed by atoms with van der Waals surface area (Å²) in [6.07, 6.45) is 9.20. The Bertz CT molecular complexity index is 1200. The highest BCUT2D eigenvalue weighted by Crippen LogP contribution is 2.53. The van der Waals surface area contributed by atoms with Crippen LogP contribution in [-0.4, -0.2) is 15.3 Å². The van der Waals surface area contributed by atoms with E-state index in [4.69, 9.17) is 0 Å². The molecule has 40 heavy (non-hydrogen) atoms. The highest BCUT2D eigenvalue weighted by Gasteiger charge is 2.44. The third-order valence-electron chi connectivity index (χ3n) is 10.3. The minimum atomic E-state index is -0.0930. The van der Waals surface area contributed by atoms with Gasteiger partial charge in [0.05, 0.1) is 0 Å². The summed E-state index contributed by atoms with van der Waals surface area (Å²) in [7, 11) is 0. The molecule has 0 amide bonds. The van der Waals surface area contributed by atoms with E-state index in [1.54, 1.807) is 24.3 Å². The van der Waals surface area contributed by atoms with Crippen molar-refractivity contribution in [3.05, 3.63) is 125 Å². The highest BCUT2D eigenvalue weighted by atomic mass is 16.3. The van der Waals surface area contributed by atoms with Crippen molar-refractivity contribution in [1.82, 2.24) is 0 Å². The lowest BCUT2D eigenvalue weighted by Gasteiger charge is -2.47. The van der Waals surface area contributed by atoms with Gasteiger partial charge >= 0.3 is 0 Å². The summed E-state index contributed by atoms with van der Waals surface area (Å²) in [4.78, 5) is 0. The van der Waals surface area contributed by atoms with Crippen LogP contribution in [0.2, 0.25) is 0 Å². The Hall–Kier alpha value is -3.72. The van der Waals surface area contributed by atoms with Gasteiger partial charge in [0.15, 0.2) is 0 Å². The van der Waals surface area contributed by atoms with E-state index in [2.05, 4.69) is 67.6 Å². The van der Waals surface area contributed by atoms with Gasteiger partial charge in [0.25, 0.3) is 0 Å². The number of aryl methyl sites for hydroxylation is 1. The maximum Gasteiger partial charge on any atom is 0.115 e. The third kappa shape index (κ3) is 4.87. The first-order chi connectivity index (χ1) is 19.4. The molecule has 0 radical (unpaired) electrons. The fraction of sp³-hybridized carbons (Fsp3) is 0.351. The maximum absolute atomic E-state index is 9.97. The van der Waals surface area contributed by atoms with Crippen LogP contribution in [0, 0.1) is 18.8 Å². The van der Waals surface area contributed by atoms with Gasteiger partial charge in [-0.25, -0.2) is 0 Å². The molecule has 0 bridgehead atoms. The average Bonchev–Trinajstić information content (AvgIpc) is 2.99. The van der Waals surface area contributed by atoms with Gasteiger partial charge in [0, 0.05) is 10.8 Å². The van der Waals surface area contributed by atoms with Crippen molar-refractivity contribution in [2.75, 3.05) is 0 Å². The first kappa shape index (κ1) is 26.5. The number of aromatic hydroxyl groups is 3. The second kappa shape index (κ2) is 10.7. The zero-order chi connectivity index (χ0) is 27.7. The Kier molecular flexibility index (Phi) is 7.08. The minimum absolute atomic E-state index is 0.00555. The summed E-state index contributed by atoms with van der Waals surface area (Å²) in [5.74, 6) is 2.34. The van der Waals surface area contributed by atoms with Crippen molar-refractivity contribution < 1.29 is 15.3 Å². The highest BCUT2D eigenvalue weighted by molar-refractivity contribution is 5.45. The van der Waals surface area contributed by atoms with Crippen LogP contribution >= 0.6 is 0 Å². The van der Waals surface area contributed by atoms with E-state index in [1.165, 1.54) is 53.5 Å². The molecule has 2 saturated carbocycles. The molecule has 2 aliphatic rings. The van der Waals surface area contributed by atoms with Crippen LogP contribution in [0.4, 0.5) is 0 Å². The topological polar surface area (TPSA) is 60.7 Å². The number of hydrogen-bond acceptors (Lipinski definition) is 3. The third-order valence-corrected chi connectivity index (χ3v) is 10.3. The van der Waals surface area contributed by atoms with Crippen LogP contribution < -0.4 is 0 Å². The van der Waals surface area contributed by atoms with Gasteiger partial charge in [-0.15, -0.1) is 0 Å². The van der Waals surface area contributed by atoms with Crippen LogP contribution in [0.1, 0.15) is 79.2 Å². The molecule has 206 valence electrons. The molecule has 0 atom stereocenters. The predicted octanol–water partition coefficient (Wildman–Crippen LogP) is 8.76. The molecule has 0 aliphatic heterocycles. The van der Waals surface area contributed by atoms with Gasteiger partial charge < -0.3 is 15.3 Å². The normalized spacial score (nSPS) is 23.1. The van der Waals surface area contributed by atoms with Gasteiger partial charge in [-0.2, -0.15) is 0 Å². The quantitative estimate of drug-likeness (QED) is 0.241. The molecule has 4 aromatic rings. The molecule has 0 aromatic heterocycles. The Balaban J connectivity index is 1.22. The molecule has 2 aliphatic carbocycles. The van der Waals surface area contributed by atoms with E-state index < -0.39 is 0 Å². The number of hydrogen-bond donors (Lipinski definition) is 3. The van der Waals surface area contributed by atoms with Gasteiger partial charge in [-0.1, -0.05) is 66.2 Å². The van der Waals surface area contributed by atoms with E-state index >= 15 is 0 Å². The van der Waals surface area contributed by atoms with Crippen LogP contribution in [0.25, 0.3) is 0 Å². The van der Waals surface area contributed by atoms with Crippen molar-refractivity contribution in [3.63, 3.8) is 0 Å². The Morgan fingerprint density at radius 1 is 0.425 bits per heavy atom. The molecular formula is C37H40O3. The average molecular weight is 533 g/mol. The summed E-state index contributed by atoms with van der Waals surface area (Å²) in [6.45, 7) is 2.15. The van der Waals surface area contributed by atoms with Gasteiger partial charge in [0.2, 0.25) is 0 Å².